The predicted octanol–water partition coefficient (Wildman–Crippen LogP) is 2.61. The standard InChI is InChI=1S/C17H24N2O2.ClH/c1-21-15-5-3-14(4-6-15)17(9-10-17)19-16(20)7-2-13-8-11-18-12-13;/h3-6,13,18H,2,7-12H2,1H3,(H,19,20);1H. The molecule has 1 atom stereocenters. The van der Waals surface area contributed by atoms with Crippen LogP contribution in [0.1, 0.15) is 37.7 Å². The van der Waals surface area contributed by atoms with Crippen LogP contribution in [0.3, 0.4) is 0 Å². The van der Waals surface area contributed by atoms with Crippen molar-refractivity contribution in [2.75, 3.05) is 20.2 Å². The Morgan fingerprint density at radius 1 is 1.36 bits per heavy atom. The highest BCUT2D eigenvalue weighted by atomic mass is 35.5. The van der Waals surface area contributed by atoms with Crippen LogP contribution in [0.5, 0.6) is 5.75 Å². The number of amides is 1. The van der Waals surface area contributed by atoms with Crippen LogP contribution < -0.4 is 15.4 Å². The summed E-state index contributed by atoms with van der Waals surface area (Å²) in [5, 5.41) is 6.59. The van der Waals surface area contributed by atoms with E-state index in [1.807, 2.05) is 12.1 Å². The minimum atomic E-state index is -0.114. The lowest BCUT2D eigenvalue weighted by Gasteiger charge is -2.19. The van der Waals surface area contributed by atoms with E-state index in [2.05, 4.69) is 22.8 Å². The molecule has 1 saturated carbocycles. The van der Waals surface area contributed by atoms with Crippen LogP contribution in [0.25, 0.3) is 0 Å². The minimum Gasteiger partial charge on any atom is -0.497 e. The molecule has 4 nitrogen and oxygen atoms in total. The molecule has 5 heteroatoms. The fraction of sp³-hybridized carbons (Fsp3) is 0.588. The van der Waals surface area contributed by atoms with Crippen molar-refractivity contribution in [3.8, 4) is 5.75 Å². The lowest BCUT2D eigenvalue weighted by Crippen LogP contribution is -2.35. The first-order valence-corrected chi connectivity index (χ1v) is 7.88. The van der Waals surface area contributed by atoms with E-state index in [0.29, 0.717) is 12.3 Å². The van der Waals surface area contributed by atoms with E-state index in [0.717, 1.165) is 38.1 Å². The lowest BCUT2D eigenvalue weighted by molar-refractivity contribution is -0.122. The Morgan fingerprint density at radius 2 is 2.09 bits per heavy atom. The second-order valence-electron chi connectivity index (χ2n) is 6.26. The third-order valence-electron chi connectivity index (χ3n) is 4.71. The Balaban J connectivity index is 0.00000176. The molecule has 2 N–H and O–H groups in total. The van der Waals surface area contributed by atoms with Gasteiger partial charge in [-0.15, -0.1) is 12.4 Å². The van der Waals surface area contributed by atoms with Crippen molar-refractivity contribution in [1.82, 2.24) is 10.6 Å². The minimum absolute atomic E-state index is 0. The summed E-state index contributed by atoms with van der Waals surface area (Å²) in [6, 6.07) is 8.05. The first kappa shape index (κ1) is 17.1. The highest BCUT2D eigenvalue weighted by Crippen LogP contribution is 2.45. The van der Waals surface area contributed by atoms with E-state index in [4.69, 9.17) is 4.74 Å². The molecule has 1 aliphatic carbocycles. The summed E-state index contributed by atoms with van der Waals surface area (Å²) in [4.78, 5) is 12.2. The van der Waals surface area contributed by atoms with E-state index >= 15 is 0 Å². The van der Waals surface area contributed by atoms with Crippen molar-refractivity contribution < 1.29 is 9.53 Å². The smallest absolute Gasteiger partial charge is 0.220 e. The van der Waals surface area contributed by atoms with Crippen molar-refractivity contribution in [1.29, 1.82) is 0 Å². The Hall–Kier alpha value is -1.26. The molecule has 122 valence electrons. The van der Waals surface area contributed by atoms with Crippen LogP contribution in [-0.4, -0.2) is 26.1 Å². The number of ether oxygens (including phenoxy) is 1. The summed E-state index contributed by atoms with van der Waals surface area (Å²) < 4.78 is 5.19. The first-order valence-electron chi connectivity index (χ1n) is 7.88. The van der Waals surface area contributed by atoms with Gasteiger partial charge in [-0.3, -0.25) is 4.79 Å². The number of carbonyl (C=O) groups is 1. The number of benzene rings is 1. The number of carbonyl (C=O) groups excluding carboxylic acids is 1. The molecule has 0 aromatic heterocycles. The van der Waals surface area contributed by atoms with Gasteiger partial charge in [0.15, 0.2) is 0 Å². The van der Waals surface area contributed by atoms with E-state index in [-0.39, 0.29) is 23.9 Å². The number of nitrogens with one attached hydrogen (secondary N) is 2. The molecular formula is C17H25ClN2O2. The molecular weight excluding hydrogens is 300 g/mol. The average Bonchev–Trinajstić information content (AvgIpc) is 3.10. The Morgan fingerprint density at radius 3 is 2.64 bits per heavy atom. The molecule has 1 aromatic carbocycles. The molecule has 3 rings (SSSR count). The lowest BCUT2D eigenvalue weighted by atomic mass is 10.0. The van der Waals surface area contributed by atoms with Crippen LogP contribution in [0.2, 0.25) is 0 Å². The number of methoxy groups -OCH3 is 1. The van der Waals surface area contributed by atoms with Crippen molar-refractivity contribution in [3.63, 3.8) is 0 Å². The van der Waals surface area contributed by atoms with Gasteiger partial charge in [-0.1, -0.05) is 12.1 Å². The van der Waals surface area contributed by atoms with Gasteiger partial charge in [0.2, 0.25) is 5.91 Å². The van der Waals surface area contributed by atoms with Gasteiger partial charge in [-0.05, 0) is 62.4 Å². The fourth-order valence-corrected chi connectivity index (χ4v) is 3.15. The maximum absolute atomic E-state index is 12.2. The predicted molar refractivity (Wildman–Crippen MR) is 89.5 cm³/mol. The monoisotopic (exact) mass is 324 g/mol. The van der Waals surface area contributed by atoms with Gasteiger partial charge < -0.3 is 15.4 Å². The number of hydrogen-bond donors (Lipinski definition) is 2. The zero-order valence-electron chi connectivity index (χ0n) is 13.1. The van der Waals surface area contributed by atoms with Gasteiger partial charge >= 0.3 is 0 Å². The molecule has 0 bridgehead atoms. The van der Waals surface area contributed by atoms with Gasteiger partial charge in [0, 0.05) is 6.42 Å². The van der Waals surface area contributed by atoms with E-state index < -0.39 is 0 Å². The Labute approximate surface area is 138 Å². The second kappa shape index (κ2) is 7.34. The maximum Gasteiger partial charge on any atom is 0.220 e. The largest absolute Gasteiger partial charge is 0.497 e. The third-order valence-corrected chi connectivity index (χ3v) is 4.71. The first-order chi connectivity index (χ1) is 10.2. The molecule has 1 saturated heterocycles. The molecule has 2 aliphatic rings. The normalized spacial score (nSPS) is 21.8. The third kappa shape index (κ3) is 3.93. The summed E-state index contributed by atoms with van der Waals surface area (Å²) in [6.45, 7) is 2.17. The van der Waals surface area contributed by atoms with Crippen LogP contribution in [0, 0.1) is 5.92 Å². The van der Waals surface area contributed by atoms with Gasteiger partial charge in [0.25, 0.3) is 0 Å². The van der Waals surface area contributed by atoms with Gasteiger partial charge in [0.05, 0.1) is 12.6 Å². The second-order valence-corrected chi connectivity index (χ2v) is 6.26. The molecule has 1 heterocycles. The number of rotatable bonds is 6. The molecule has 0 radical (unpaired) electrons. The zero-order valence-corrected chi connectivity index (χ0v) is 13.9. The van der Waals surface area contributed by atoms with Gasteiger partial charge in [0.1, 0.15) is 5.75 Å². The van der Waals surface area contributed by atoms with E-state index in [1.165, 1.54) is 12.0 Å². The summed E-state index contributed by atoms with van der Waals surface area (Å²) in [5.74, 6) is 1.72. The summed E-state index contributed by atoms with van der Waals surface area (Å²) in [6.07, 6.45) is 4.92. The molecule has 1 aliphatic heterocycles. The fourth-order valence-electron chi connectivity index (χ4n) is 3.15. The Bertz CT molecular complexity index is 494. The highest BCUT2D eigenvalue weighted by molar-refractivity contribution is 5.85. The van der Waals surface area contributed by atoms with Crippen LogP contribution in [0.15, 0.2) is 24.3 Å². The molecule has 0 spiro atoms. The molecule has 1 amide bonds. The van der Waals surface area contributed by atoms with Crippen molar-refractivity contribution in [2.24, 2.45) is 5.92 Å². The Kier molecular flexibility index (Phi) is 5.70. The number of hydrogen-bond acceptors (Lipinski definition) is 3. The number of halogens is 1. The highest BCUT2D eigenvalue weighted by Gasteiger charge is 2.45. The topological polar surface area (TPSA) is 50.4 Å². The van der Waals surface area contributed by atoms with Crippen LogP contribution in [-0.2, 0) is 10.3 Å². The van der Waals surface area contributed by atoms with E-state index in [1.54, 1.807) is 7.11 Å². The summed E-state index contributed by atoms with van der Waals surface area (Å²) in [7, 11) is 1.67. The van der Waals surface area contributed by atoms with Crippen LogP contribution in [0.4, 0.5) is 0 Å². The van der Waals surface area contributed by atoms with Crippen molar-refractivity contribution in [3.05, 3.63) is 29.8 Å². The molecule has 2 fully saturated rings. The molecule has 22 heavy (non-hydrogen) atoms. The van der Waals surface area contributed by atoms with Crippen LogP contribution >= 0.6 is 12.4 Å². The van der Waals surface area contributed by atoms with Gasteiger partial charge in [-0.2, -0.15) is 0 Å². The zero-order chi connectivity index (χ0) is 14.7. The summed E-state index contributed by atoms with van der Waals surface area (Å²) in [5.41, 5.74) is 1.08. The maximum atomic E-state index is 12.2. The molecule has 1 unspecified atom stereocenters. The molecule has 1 aromatic rings. The average molecular weight is 325 g/mol. The van der Waals surface area contributed by atoms with Crippen molar-refractivity contribution >= 4 is 18.3 Å². The van der Waals surface area contributed by atoms with E-state index in [9.17, 15) is 4.79 Å². The quantitative estimate of drug-likeness (QED) is 0.845. The summed E-state index contributed by atoms with van der Waals surface area (Å²) >= 11 is 0. The SMILES string of the molecule is COc1ccc(C2(NC(=O)CCC3CCNC3)CC2)cc1.Cl. The van der Waals surface area contributed by atoms with Crippen molar-refractivity contribution in [2.45, 2.75) is 37.6 Å². The van der Waals surface area contributed by atoms with Gasteiger partial charge in [-0.25, -0.2) is 0 Å².